The minimum absolute atomic E-state index is 0. The number of hydrogen-bond acceptors (Lipinski definition) is 2. The Hall–Kier alpha value is -0.484. The molecule has 2 N–H and O–H groups in total. The van der Waals surface area contributed by atoms with E-state index in [0.29, 0.717) is 0 Å². The molecular weight excluding hydrogens is 213 g/mol. The summed E-state index contributed by atoms with van der Waals surface area (Å²) in [5, 5.41) is 0. The molecule has 0 aliphatic rings. The largest absolute Gasteiger partial charge is 2.00 e. The van der Waals surface area contributed by atoms with Gasteiger partial charge in [0.15, 0.2) is 0 Å². The second kappa shape index (κ2) is 11.5. The van der Waals surface area contributed by atoms with E-state index in [0.717, 1.165) is 6.42 Å². The summed E-state index contributed by atoms with van der Waals surface area (Å²) in [7, 11) is 0. The average Bonchev–Trinajstić information content (AvgIpc) is 1.87. The summed E-state index contributed by atoms with van der Waals surface area (Å²) in [5.74, 6) is -0.225. The fourth-order valence-corrected chi connectivity index (χ4v) is 0.201. The number of carbonyl (C=O) groups is 2. The molecule has 1 unspecified atom stereocenters. The SMILES string of the molecule is CC[CH-]C(N)=O.[CH2-]C(C)C(C)=O.[Co+2]. The number of carbonyl (C=O) groups excluding carboxylic acids is 2. The van der Waals surface area contributed by atoms with Gasteiger partial charge in [0.05, 0.1) is 5.91 Å². The first kappa shape index (κ1) is 18.3. The van der Waals surface area contributed by atoms with Crippen LogP contribution in [0.25, 0.3) is 0 Å². The van der Waals surface area contributed by atoms with E-state index in [9.17, 15) is 9.59 Å². The molecule has 0 aromatic carbocycles. The van der Waals surface area contributed by atoms with Gasteiger partial charge in [-0.1, -0.05) is 13.8 Å². The van der Waals surface area contributed by atoms with Crippen molar-refractivity contribution in [3.05, 3.63) is 13.3 Å². The summed E-state index contributed by atoms with van der Waals surface area (Å²) in [6, 6.07) is 0. The Morgan fingerprint density at radius 1 is 1.54 bits per heavy atom. The molecule has 0 bridgehead atoms. The molecule has 13 heavy (non-hydrogen) atoms. The first-order valence-corrected chi connectivity index (χ1v) is 3.88. The van der Waals surface area contributed by atoms with Gasteiger partial charge in [0.25, 0.3) is 0 Å². The molecule has 1 amide bonds. The fourth-order valence-electron chi connectivity index (χ4n) is 0.201. The minimum atomic E-state index is -0.336. The molecular formula is C9H17CoNO2. The van der Waals surface area contributed by atoms with Crippen LogP contribution in [0.2, 0.25) is 0 Å². The van der Waals surface area contributed by atoms with Gasteiger partial charge in [-0.25, -0.2) is 0 Å². The molecule has 0 rings (SSSR count). The third-order valence-corrected chi connectivity index (χ3v) is 1.10. The summed E-state index contributed by atoms with van der Waals surface area (Å²) in [5.41, 5.74) is 4.71. The topological polar surface area (TPSA) is 60.2 Å². The van der Waals surface area contributed by atoms with Gasteiger partial charge in [-0.3, -0.25) is 0 Å². The Labute approximate surface area is 90.6 Å². The summed E-state index contributed by atoms with van der Waals surface area (Å²) in [6.07, 6.45) is 2.16. The molecule has 0 saturated carbocycles. The maximum absolute atomic E-state index is 10.1. The monoisotopic (exact) mass is 230 g/mol. The molecule has 0 aliphatic carbocycles. The van der Waals surface area contributed by atoms with E-state index < -0.39 is 0 Å². The molecule has 0 saturated heterocycles. The van der Waals surface area contributed by atoms with Gasteiger partial charge in [0, 0.05) is 0 Å². The van der Waals surface area contributed by atoms with Gasteiger partial charge in [-0.2, -0.15) is 6.42 Å². The van der Waals surface area contributed by atoms with E-state index in [2.05, 4.69) is 6.92 Å². The average molecular weight is 230 g/mol. The number of amides is 1. The Balaban J connectivity index is -0.000000143. The summed E-state index contributed by atoms with van der Waals surface area (Å²) in [6.45, 7) is 8.67. The maximum Gasteiger partial charge on any atom is 2.00 e. The number of hydrogen-bond donors (Lipinski definition) is 1. The second-order valence-corrected chi connectivity index (χ2v) is 2.53. The molecule has 0 heterocycles. The van der Waals surface area contributed by atoms with E-state index >= 15 is 0 Å². The van der Waals surface area contributed by atoms with Crippen LogP contribution in [-0.2, 0) is 26.4 Å². The van der Waals surface area contributed by atoms with Gasteiger partial charge in [-0.05, 0) is 6.92 Å². The quantitative estimate of drug-likeness (QED) is 0.739. The van der Waals surface area contributed by atoms with Crippen molar-refractivity contribution in [3.8, 4) is 0 Å². The Morgan fingerprint density at radius 3 is 1.85 bits per heavy atom. The van der Waals surface area contributed by atoms with Crippen molar-refractivity contribution in [2.45, 2.75) is 27.2 Å². The van der Waals surface area contributed by atoms with Crippen LogP contribution in [0.1, 0.15) is 27.2 Å². The first-order valence-electron chi connectivity index (χ1n) is 3.88. The second-order valence-electron chi connectivity index (χ2n) is 2.53. The Kier molecular flexibility index (Phi) is 16.2. The van der Waals surface area contributed by atoms with E-state index in [-0.39, 0.29) is 34.4 Å². The third-order valence-electron chi connectivity index (χ3n) is 1.10. The number of nitrogens with two attached hydrogens (primary N) is 1. The normalized spacial score (nSPS) is 9.85. The molecule has 3 nitrogen and oxygen atoms in total. The van der Waals surface area contributed by atoms with Crippen LogP contribution in [0.15, 0.2) is 0 Å². The van der Waals surface area contributed by atoms with E-state index in [1.54, 1.807) is 6.92 Å². The maximum atomic E-state index is 10.1. The minimum Gasteiger partial charge on any atom is -0.395 e. The zero-order valence-electron chi connectivity index (χ0n) is 8.30. The first-order chi connectivity index (χ1) is 5.41. The number of primary amides is 1. The summed E-state index contributed by atoms with van der Waals surface area (Å²) >= 11 is 0. The molecule has 1 atom stereocenters. The number of rotatable bonds is 3. The number of ketones is 1. The Bertz CT molecular complexity index is 147. The molecule has 0 spiro atoms. The fraction of sp³-hybridized carbons (Fsp3) is 0.556. The van der Waals surface area contributed by atoms with Gasteiger partial charge in [0.2, 0.25) is 0 Å². The Morgan fingerprint density at radius 2 is 1.85 bits per heavy atom. The van der Waals surface area contributed by atoms with Crippen LogP contribution < -0.4 is 5.73 Å². The standard InChI is InChI=1S/C5H9O.C4H8NO.Co/c1-4(2)5(3)6;1-2-3-4(5)6;/h4H,1H2,2-3H3;3H,2H2,1H3,(H2,5,6);/q2*-1;+2. The van der Waals surface area contributed by atoms with Gasteiger partial charge in [0.1, 0.15) is 5.78 Å². The zero-order valence-corrected chi connectivity index (χ0v) is 9.34. The summed E-state index contributed by atoms with van der Waals surface area (Å²) in [4.78, 5) is 19.8. The van der Waals surface area contributed by atoms with Gasteiger partial charge < -0.3 is 28.7 Å². The van der Waals surface area contributed by atoms with Crippen molar-refractivity contribution in [2.24, 2.45) is 11.7 Å². The van der Waals surface area contributed by atoms with Crippen molar-refractivity contribution in [1.82, 2.24) is 0 Å². The van der Waals surface area contributed by atoms with Crippen LogP contribution in [0.5, 0.6) is 0 Å². The predicted octanol–water partition coefficient (Wildman–Crippen LogP) is 1.13. The molecule has 1 radical (unpaired) electrons. The van der Waals surface area contributed by atoms with Crippen LogP contribution in [-0.4, -0.2) is 11.7 Å². The van der Waals surface area contributed by atoms with Crippen LogP contribution in [0, 0.1) is 19.3 Å². The van der Waals surface area contributed by atoms with Gasteiger partial charge in [-0.15, -0.1) is 5.92 Å². The van der Waals surface area contributed by atoms with Crippen LogP contribution in [0.3, 0.4) is 0 Å². The van der Waals surface area contributed by atoms with E-state index in [4.69, 9.17) is 5.73 Å². The molecule has 79 valence electrons. The summed E-state index contributed by atoms with van der Waals surface area (Å²) < 4.78 is 0. The molecule has 4 heteroatoms. The molecule has 0 aromatic heterocycles. The van der Waals surface area contributed by atoms with Crippen molar-refractivity contribution in [1.29, 1.82) is 0 Å². The smallest absolute Gasteiger partial charge is 0.395 e. The molecule has 0 aromatic rings. The van der Waals surface area contributed by atoms with Crippen LogP contribution >= 0.6 is 0 Å². The zero-order chi connectivity index (χ0) is 10.1. The van der Waals surface area contributed by atoms with E-state index in [1.165, 1.54) is 13.3 Å². The third kappa shape index (κ3) is 24.6. The molecule has 0 fully saturated rings. The van der Waals surface area contributed by atoms with Crippen molar-refractivity contribution in [2.75, 3.05) is 0 Å². The van der Waals surface area contributed by atoms with Gasteiger partial charge >= 0.3 is 16.8 Å². The molecule has 0 aliphatic heterocycles. The van der Waals surface area contributed by atoms with Crippen molar-refractivity contribution in [3.63, 3.8) is 0 Å². The number of Topliss-reactive ketones (excluding diaryl/α,β-unsaturated/α-hetero) is 1. The van der Waals surface area contributed by atoms with Crippen LogP contribution in [0.4, 0.5) is 0 Å². The predicted molar refractivity (Wildman–Crippen MR) is 49.0 cm³/mol. The van der Waals surface area contributed by atoms with E-state index in [1.807, 2.05) is 6.92 Å². The van der Waals surface area contributed by atoms with Crippen molar-refractivity contribution >= 4 is 11.7 Å². The van der Waals surface area contributed by atoms with Crippen molar-refractivity contribution < 1.29 is 26.4 Å².